The zero-order valence-corrected chi connectivity index (χ0v) is 12.5. The average molecular weight is 291 g/mol. The Morgan fingerprint density at radius 3 is 2.81 bits per heavy atom. The summed E-state index contributed by atoms with van der Waals surface area (Å²) in [5.41, 5.74) is 6.01. The van der Waals surface area contributed by atoms with Gasteiger partial charge in [-0.3, -0.25) is 9.69 Å². The van der Waals surface area contributed by atoms with Crippen LogP contribution in [0.15, 0.2) is 22.8 Å². The second-order valence-electron chi connectivity index (χ2n) is 6.28. The largest absolute Gasteiger partial charge is 0.468 e. The van der Waals surface area contributed by atoms with E-state index < -0.39 is 0 Å². The van der Waals surface area contributed by atoms with Gasteiger partial charge in [0.1, 0.15) is 5.76 Å². The fourth-order valence-corrected chi connectivity index (χ4v) is 3.13. The molecule has 1 aliphatic heterocycles. The van der Waals surface area contributed by atoms with Crippen LogP contribution in [-0.2, 0) is 4.79 Å². The van der Waals surface area contributed by atoms with Crippen molar-refractivity contribution in [1.29, 1.82) is 0 Å². The highest BCUT2D eigenvalue weighted by molar-refractivity contribution is 5.76. The van der Waals surface area contributed by atoms with Crippen molar-refractivity contribution < 1.29 is 9.21 Å². The van der Waals surface area contributed by atoms with Crippen LogP contribution < -0.4 is 11.1 Å². The van der Waals surface area contributed by atoms with E-state index in [2.05, 4.69) is 10.2 Å². The van der Waals surface area contributed by atoms with Crippen molar-refractivity contribution in [2.75, 3.05) is 19.6 Å². The van der Waals surface area contributed by atoms with Crippen LogP contribution >= 0.6 is 0 Å². The van der Waals surface area contributed by atoms with Crippen LogP contribution in [0.25, 0.3) is 0 Å². The first-order valence-corrected chi connectivity index (χ1v) is 8.04. The van der Waals surface area contributed by atoms with E-state index in [9.17, 15) is 4.79 Å². The van der Waals surface area contributed by atoms with Crippen LogP contribution in [0.5, 0.6) is 0 Å². The molecule has 0 bridgehead atoms. The quantitative estimate of drug-likeness (QED) is 0.801. The summed E-state index contributed by atoms with van der Waals surface area (Å²) in [6, 6.07) is 4.07. The summed E-state index contributed by atoms with van der Waals surface area (Å²) in [6.45, 7) is 2.75. The predicted molar refractivity (Wildman–Crippen MR) is 80.6 cm³/mol. The van der Waals surface area contributed by atoms with Crippen LogP contribution in [0.1, 0.15) is 43.9 Å². The van der Waals surface area contributed by atoms with E-state index >= 15 is 0 Å². The molecule has 2 atom stereocenters. The van der Waals surface area contributed by atoms with Crippen molar-refractivity contribution in [2.24, 2.45) is 11.7 Å². The van der Waals surface area contributed by atoms with Crippen LogP contribution in [0.4, 0.5) is 0 Å². The van der Waals surface area contributed by atoms with Gasteiger partial charge in [-0.05, 0) is 56.8 Å². The summed E-state index contributed by atoms with van der Waals surface area (Å²) >= 11 is 0. The molecular formula is C16H25N3O2. The fourth-order valence-electron chi connectivity index (χ4n) is 3.13. The van der Waals surface area contributed by atoms with Gasteiger partial charge in [0.15, 0.2) is 0 Å². The SMILES string of the molecule is NC(CC(=O)NCC(c1ccco1)N1CCCC1)C1CC1. The van der Waals surface area contributed by atoms with Crippen molar-refractivity contribution in [2.45, 2.75) is 44.2 Å². The standard InChI is InChI=1S/C16H25N3O2/c17-13(12-5-6-12)10-16(20)18-11-14(15-4-3-9-21-15)19-7-1-2-8-19/h3-4,9,12-14H,1-2,5-8,10-11,17H2,(H,18,20). The van der Waals surface area contributed by atoms with Crippen molar-refractivity contribution >= 4 is 5.91 Å². The summed E-state index contributed by atoms with van der Waals surface area (Å²) in [4.78, 5) is 14.4. The molecule has 2 unspecified atom stereocenters. The highest BCUT2D eigenvalue weighted by atomic mass is 16.3. The molecule has 116 valence electrons. The van der Waals surface area contributed by atoms with Crippen molar-refractivity contribution in [3.05, 3.63) is 24.2 Å². The van der Waals surface area contributed by atoms with E-state index in [4.69, 9.17) is 10.2 Å². The lowest BCUT2D eigenvalue weighted by atomic mass is 10.1. The molecule has 5 nitrogen and oxygen atoms in total. The van der Waals surface area contributed by atoms with Gasteiger partial charge in [0.25, 0.3) is 0 Å². The normalized spacial score (nSPS) is 22.1. The average Bonchev–Trinajstić information content (AvgIpc) is 2.96. The van der Waals surface area contributed by atoms with E-state index in [-0.39, 0.29) is 18.0 Å². The molecule has 2 fully saturated rings. The molecule has 5 heteroatoms. The van der Waals surface area contributed by atoms with Crippen molar-refractivity contribution in [3.63, 3.8) is 0 Å². The molecule has 0 radical (unpaired) electrons. The Bertz CT molecular complexity index is 450. The van der Waals surface area contributed by atoms with Gasteiger partial charge >= 0.3 is 0 Å². The molecule has 21 heavy (non-hydrogen) atoms. The second kappa shape index (κ2) is 6.62. The molecule has 3 rings (SSSR count). The number of hydrogen-bond donors (Lipinski definition) is 2. The lowest BCUT2D eigenvalue weighted by Crippen LogP contribution is -2.39. The Morgan fingerprint density at radius 2 is 2.19 bits per heavy atom. The molecule has 1 aliphatic carbocycles. The van der Waals surface area contributed by atoms with Gasteiger partial charge in [-0.25, -0.2) is 0 Å². The van der Waals surface area contributed by atoms with Gasteiger partial charge in [0, 0.05) is 19.0 Å². The minimum Gasteiger partial charge on any atom is -0.468 e. The highest BCUT2D eigenvalue weighted by Crippen LogP contribution is 2.32. The maximum absolute atomic E-state index is 12.0. The Balaban J connectivity index is 1.53. The molecule has 1 saturated heterocycles. The number of carbonyl (C=O) groups is 1. The lowest BCUT2D eigenvalue weighted by molar-refractivity contribution is -0.121. The van der Waals surface area contributed by atoms with Gasteiger partial charge in [-0.2, -0.15) is 0 Å². The second-order valence-corrected chi connectivity index (χ2v) is 6.28. The van der Waals surface area contributed by atoms with E-state index in [1.165, 1.54) is 25.7 Å². The Kier molecular flexibility index (Phi) is 4.60. The van der Waals surface area contributed by atoms with E-state index in [0.717, 1.165) is 18.8 Å². The topological polar surface area (TPSA) is 71.5 Å². The maximum Gasteiger partial charge on any atom is 0.221 e. The predicted octanol–water partition coefficient (Wildman–Crippen LogP) is 1.66. The molecule has 2 aliphatic rings. The Hall–Kier alpha value is -1.33. The number of nitrogens with zero attached hydrogens (tertiary/aromatic N) is 1. The first-order chi connectivity index (χ1) is 10.2. The molecule has 0 spiro atoms. The third-order valence-electron chi connectivity index (χ3n) is 4.59. The summed E-state index contributed by atoms with van der Waals surface area (Å²) in [6.07, 6.45) is 6.93. The van der Waals surface area contributed by atoms with Gasteiger partial charge < -0.3 is 15.5 Å². The minimum atomic E-state index is 0.0267. The molecule has 3 N–H and O–H groups in total. The minimum absolute atomic E-state index is 0.0267. The number of furan rings is 1. The van der Waals surface area contributed by atoms with Crippen molar-refractivity contribution in [1.82, 2.24) is 10.2 Å². The molecule has 0 aromatic carbocycles. The summed E-state index contributed by atoms with van der Waals surface area (Å²) < 4.78 is 5.55. The van der Waals surface area contributed by atoms with Gasteiger partial charge in [0.2, 0.25) is 5.91 Å². The lowest BCUT2D eigenvalue weighted by Gasteiger charge is -2.26. The zero-order chi connectivity index (χ0) is 14.7. The van der Waals surface area contributed by atoms with Gasteiger partial charge in [-0.1, -0.05) is 0 Å². The van der Waals surface area contributed by atoms with Gasteiger partial charge in [-0.15, -0.1) is 0 Å². The van der Waals surface area contributed by atoms with E-state index in [0.29, 0.717) is 18.9 Å². The first-order valence-electron chi connectivity index (χ1n) is 8.04. The number of rotatable bonds is 7. The van der Waals surface area contributed by atoms with Crippen LogP contribution in [0.2, 0.25) is 0 Å². The Labute approximate surface area is 125 Å². The molecule has 1 saturated carbocycles. The summed E-state index contributed by atoms with van der Waals surface area (Å²) in [7, 11) is 0. The van der Waals surface area contributed by atoms with E-state index in [1.54, 1.807) is 6.26 Å². The maximum atomic E-state index is 12.0. The van der Waals surface area contributed by atoms with E-state index in [1.807, 2.05) is 12.1 Å². The van der Waals surface area contributed by atoms with Gasteiger partial charge in [0.05, 0.1) is 12.3 Å². The van der Waals surface area contributed by atoms with Crippen LogP contribution in [0, 0.1) is 5.92 Å². The number of likely N-dealkylation sites (tertiary alicyclic amines) is 1. The summed E-state index contributed by atoms with van der Waals surface area (Å²) in [5, 5.41) is 3.04. The number of hydrogen-bond acceptors (Lipinski definition) is 4. The first kappa shape index (κ1) is 14.6. The molecule has 1 amide bonds. The molecule has 1 aromatic rings. The van der Waals surface area contributed by atoms with Crippen LogP contribution in [0.3, 0.4) is 0 Å². The highest BCUT2D eigenvalue weighted by Gasteiger charge is 2.30. The number of nitrogens with one attached hydrogen (secondary N) is 1. The monoisotopic (exact) mass is 291 g/mol. The number of amides is 1. The van der Waals surface area contributed by atoms with Crippen molar-refractivity contribution in [3.8, 4) is 0 Å². The molecular weight excluding hydrogens is 266 g/mol. The molecule has 1 aromatic heterocycles. The summed E-state index contributed by atoms with van der Waals surface area (Å²) in [5.74, 6) is 1.56. The molecule has 2 heterocycles. The smallest absolute Gasteiger partial charge is 0.221 e. The Morgan fingerprint density at radius 1 is 1.43 bits per heavy atom. The third-order valence-corrected chi connectivity index (χ3v) is 4.59. The zero-order valence-electron chi connectivity index (χ0n) is 12.5. The fraction of sp³-hybridized carbons (Fsp3) is 0.688. The number of carbonyl (C=O) groups excluding carboxylic acids is 1. The van der Waals surface area contributed by atoms with Crippen LogP contribution in [-0.4, -0.2) is 36.5 Å². The third kappa shape index (κ3) is 3.86. The number of nitrogens with two attached hydrogens (primary N) is 1.